The van der Waals surface area contributed by atoms with Gasteiger partial charge in [0.25, 0.3) is 0 Å². The first-order chi connectivity index (χ1) is 15.0. The van der Waals surface area contributed by atoms with Gasteiger partial charge >= 0.3 is 12.2 Å². The van der Waals surface area contributed by atoms with Crippen molar-refractivity contribution in [3.05, 3.63) is 41.0 Å². The van der Waals surface area contributed by atoms with E-state index in [1.54, 1.807) is 31.2 Å². The number of hydrogen-bond acceptors (Lipinski definition) is 4. The van der Waals surface area contributed by atoms with Gasteiger partial charge in [0.05, 0.1) is 6.61 Å². The largest absolute Gasteiger partial charge is 0.394 e. The number of nitrogens with one attached hydrogen (secondary N) is 2. The Morgan fingerprint density at radius 2 is 2.09 bits per heavy atom. The van der Waals surface area contributed by atoms with Crippen LogP contribution in [0.4, 0.5) is 29.5 Å². The van der Waals surface area contributed by atoms with Gasteiger partial charge in [-0.3, -0.25) is 0 Å². The number of rotatable bonds is 6. The molecule has 32 heavy (non-hydrogen) atoms. The fourth-order valence-corrected chi connectivity index (χ4v) is 3.96. The molecular formula is C22H26ClF3N4O2. The monoisotopic (exact) mass is 470 g/mol. The summed E-state index contributed by atoms with van der Waals surface area (Å²) in [4.78, 5) is 18.2. The number of aliphatic hydroxyl groups excluding tert-OH is 1. The van der Waals surface area contributed by atoms with Gasteiger partial charge in [-0.15, -0.1) is 0 Å². The number of aromatic nitrogens is 1. The van der Waals surface area contributed by atoms with E-state index in [9.17, 15) is 23.1 Å². The van der Waals surface area contributed by atoms with Crippen LogP contribution in [0.5, 0.6) is 0 Å². The Bertz CT molecular complexity index is 971. The highest BCUT2D eigenvalue weighted by Crippen LogP contribution is 2.32. The van der Waals surface area contributed by atoms with Gasteiger partial charge in [0.2, 0.25) is 0 Å². The molecule has 3 rings (SSSR count). The molecule has 174 valence electrons. The van der Waals surface area contributed by atoms with Gasteiger partial charge in [-0.05, 0) is 67.1 Å². The highest BCUT2D eigenvalue weighted by atomic mass is 35.5. The minimum atomic E-state index is -4.22. The lowest BCUT2D eigenvalue weighted by Crippen LogP contribution is -2.33. The average molecular weight is 471 g/mol. The van der Waals surface area contributed by atoms with Crippen LogP contribution in [0.1, 0.15) is 25.3 Å². The summed E-state index contributed by atoms with van der Waals surface area (Å²) < 4.78 is 37.9. The molecule has 0 bridgehead atoms. The molecule has 0 saturated carbocycles. The summed E-state index contributed by atoms with van der Waals surface area (Å²) in [6, 6.07) is 8.26. The molecule has 0 spiro atoms. The van der Waals surface area contributed by atoms with Gasteiger partial charge in [0.1, 0.15) is 11.0 Å². The van der Waals surface area contributed by atoms with E-state index in [0.717, 1.165) is 16.7 Å². The van der Waals surface area contributed by atoms with Crippen LogP contribution in [0, 0.1) is 12.8 Å². The van der Waals surface area contributed by atoms with Crippen molar-refractivity contribution >= 4 is 29.1 Å². The summed E-state index contributed by atoms with van der Waals surface area (Å²) >= 11 is 6.18. The van der Waals surface area contributed by atoms with Crippen LogP contribution in [0.25, 0.3) is 11.1 Å². The molecule has 2 heterocycles. The molecule has 10 heteroatoms. The fraction of sp³-hybridized carbons (Fsp3) is 0.455. The smallest absolute Gasteiger partial charge is 0.389 e. The molecule has 2 amide bonds. The van der Waals surface area contributed by atoms with Crippen LogP contribution in [-0.4, -0.2) is 52.9 Å². The number of benzene rings is 1. The number of alkyl halides is 3. The Morgan fingerprint density at radius 1 is 1.34 bits per heavy atom. The molecule has 1 aliphatic rings. The van der Waals surface area contributed by atoms with Gasteiger partial charge < -0.3 is 20.6 Å². The number of aliphatic hydroxyl groups is 1. The number of hydrogen-bond donors (Lipinski definition) is 3. The number of nitrogens with zero attached hydrogens (tertiary/aromatic N) is 2. The molecule has 6 nitrogen and oxygen atoms in total. The lowest BCUT2D eigenvalue weighted by Gasteiger charge is -2.19. The van der Waals surface area contributed by atoms with Crippen molar-refractivity contribution in [2.45, 2.75) is 38.9 Å². The maximum absolute atomic E-state index is 12.6. The Morgan fingerprint density at radius 3 is 2.78 bits per heavy atom. The molecule has 1 fully saturated rings. The minimum absolute atomic E-state index is 0.0651. The molecule has 0 unspecified atom stereocenters. The number of anilines is 2. The first-order valence-electron chi connectivity index (χ1n) is 10.3. The average Bonchev–Trinajstić information content (AvgIpc) is 3.15. The molecule has 1 aromatic carbocycles. The lowest BCUT2D eigenvalue weighted by atomic mass is 10.0. The SMILES string of the molecule is Cc1ccc(NC(=O)N2CC[C@@H](CC(F)(F)F)C2)cc1-c1cc(Cl)nc(N[C@@H](C)CO)c1. The topological polar surface area (TPSA) is 77.5 Å². The highest BCUT2D eigenvalue weighted by molar-refractivity contribution is 6.29. The van der Waals surface area contributed by atoms with Crippen LogP contribution in [0.3, 0.4) is 0 Å². The quantitative estimate of drug-likeness (QED) is 0.500. The molecule has 1 saturated heterocycles. The van der Waals surface area contributed by atoms with Crippen LogP contribution in [-0.2, 0) is 0 Å². The molecule has 0 radical (unpaired) electrons. The number of carbonyl (C=O) groups excluding carboxylic acids is 1. The maximum atomic E-state index is 12.6. The summed E-state index contributed by atoms with van der Waals surface area (Å²) in [5.41, 5.74) is 3.07. The minimum Gasteiger partial charge on any atom is -0.394 e. The second-order valence-electron chi connectivity index (χ2n) is 8.17. The molecular weight excluding hydrogens is 445 g/mol. The van der Waals surface area contributed by atoms with Gasteiger partial charge in [-0.2, -0.15) is 13.2 Å². The van der Waals surface area contributed by atoms with E-state index < -0.39 is 24.5 Å². The zero-order valence-electron chi connectivity index (χ0n) is 17.8. The molecule has 2 atom stereocenters. The van der Waals surface area contributed by atoms with Crippen molar-refractivity contribution in [1.29, 1.82) is 0 Å². The Balaban J connectivity index is 1.75. The standard InChI is InChI=1S/C22H26ClF3N4O2/c1-13-3-4-17(28-21(32)30-6-5-15(11-30)10-22(24,25)26)9-18(13)16-7-19(23)29-20(8-16)27-14(2)12-31/h3-4,7-9,14-15,31H,5-6,10-12H2,1-2H3,(H,27,29)(H,28,32)/t14-,15-/m0/s1. The number of likely N-dealkylation sites (tertiary alicyclic amines) is 1. The van der Waals surface area contributed by atoms with Crippen LogP contribution < -0.4 is 10.6 Å². The van der Waals surface area contributed by atoms with Gasteiger partial charge in [0, 0.05) is 31.2 Å². The lowest BCUT2D eigenvalue weighted by molar-refractivity contribution is -0.143. The summed E-state index contributed by atoms with van der Waals surface area (Å²) in [6.45, 7) is 4.04. The van der Waals surface area contributed by atoms with E-state index >= 15 is 0 Å². The Hall–Kier alpha value is -2.52. The second-order valence-corrected chi connectivity index (χ2v) is 8.56. The van der Waals surface area contributed by atoms with Crippen molar-refractivity contribution in [3.63, 3.8) is 0 Å². The zero-order chi connectivity index (χ0) is 23.5. The summed E-state index contributed by atoms with van der Waals surface area (Å²) in [5, 5.41) is 15.4. The van der Waals surface area contributed by atoms with E-state index in [4.69, 9.17) is 11.6 Å². The summed E-state index contributed by atoms with van der Waals surface area (Å²) in [5.74, 6) is -0.0591. The Kier molecular flexibility index (Phi) is 7.51. The van der Waals surface area contributed by atoms with E-state index in [-0.39, 0.29) is 24.3 Å². The Labute approximate surface area is 189 Å². The normalized spacial score (nSPS) is 17.3. The second kappa shape index (κ2) is 9.95. The molecule has 2 aromatic rings. The molecule has 1 aliphatic heterocycles. The van der Waals surface area contributed by atoms with Crippen molar-refractivity contribution in [2.24, 2.45) is 5.92 Å². The maximum Gasteiger partial charge on any atom is 0.389 e. The van der Waals surface area contributed by atoms with Crippen LogP contribution in [0.2, 0.25) is 5.15 Å². The van der Waals surface area contributed by atoms with E-state index in [2.05, 4.69) is 15.6 Å². The first-order valence-corrected chi connectivity index (χ1v) is 10.7. The van der Waals surface area contributed by atoms with E-state index in [1.165, 1.54) is 4.90 Å². The number of halogens is 4. The number of aryl methyl sites for hydroxylation is 1. The van der Waals surface area contributed by atoms with Crippen molar-refractivity contribution < 1.29 is 23.1 Å². The summed E-state index contributed by atoms with van der Waals surface area (Å²) in [7, 11) is 0. The predicted octanol–water partition coefficient (Wildman–Crippen LogP) is 5.31. The van der Waals surface area contributed by atoms with Crippen LogP contribution in [0.15, 0.2) is 30.3 Å². The molecule has 0 aliphatic carbocycles. The fourth-order valence-electron chi connectivity index (χ4n) is 3.75. The van der Waals surface area contributed by atoms with E-state index in [0.29, 0.717) is 24.5 Å². The van der Waals surface area contributed by atoms with Gasteiger partial charge in [-0.25, -0.2) is 9.78 Å². The van der Waals surface area contributed by atoms with E-state index in [1.807, 2.05) is 13.0 Å². The first kappa shape index (κ1) is 24.1. The number of amides is 2. The third-order valence-corrected chi connectivity index (χ3v) is 5.55. The summed E-state index contributed by atoms with van der Waals surface area (Å²) in [6.07, 6.45) is -4.76. The predicted molar refractivity (Wildman–Crippen MR) is 119 cm³/mol. The van der Waals surface area contributed by atoms with Crippen molar-refractivity contribution in [1.82, 2.24) is 9.88 Å². The van der Waals surface area contributed by atoms with Gasteiger partial charge in [0.15, 0.2) is 0 Å². The molecule has 1 aromatic heterocycles. The number of pyridine rings is 1. The third-order valence-electron chi connectivity index (χ3n) is 5.36. The molecule has 3 N–H and O–H groups in total. The van der Waals surface area contributed by atoms with Crippen molar-refractivity contribution in [3.8, 4) is 11.1 Å². The third kappa shape index (κ3) is 6.49. The number of carbonyl (C=O) groups is 1. The van der Waals surface area contributed by atoms with Crippen LogP contribution >= 0.6 is 11.6 Å². The zero-order valence-corrected chi connectivity index (χ0v) is 18.6. The highest BCUT2D eigenvalue weighted by Gasteiger charge is 2.36. The van der Waals surface area contributed by atoms with Crippen molar-refractivity contribution in [2.75, 3.05) is 30.3 Å². The number of urea groups is 1. The van der Waals surface area contributed by atoms with Gasteiger partial charge in [-0.1, -0.05) is 17.7 Å².